The largest absolute Gasteiger partial charge is 0.460 e. The van der Waals surface area contributed by atoms with Gasteiger partial charge in [0.05, 0.1) is 6.61 Å². The van der Waals surface area contributed by atoms with E-state index in [-0.39, 0.29) is 11.9 Å². The van der Waals surface area contributed by atoms with Crippen LogP contribution in [0.3, 0.4) is 0 Å². The third-order valence-corrected chi connectivity index (χ3v) is 4.13. The van der Waals surface area contributed by atoms with E-state index in [1.807, 2.05) is 57.2 Å². The van der Waals surface area contributed by atoms with E-state index in [1.165, 1.54) is 4.68 Å². The molecule has 27 heavy (non-hydrogen) atoms. The fourth-order valence-electron chi connectivity index (χ4n) is 2.65. The summed E-state index contributed by atoms with van der Waals surface area (Å²) >= 11 is 0. The van der Waals surface area contributed by atoms with Gasteiger partial charge in [-0.05, 0) is 38.5 Å². The van der Waals surface area contributed by atoms with E-state index in [1.54, 1.807) is 12.1 Å². The molecule has 6 heteroatoms. The number of nitrogens with zero attached hydrogens (tertiary/aromatic N) is 3. The molecule has 0 aliphatic rings. The van der Waals surface area contributed by atoms with Crippen LogP contribution in [0.15, 0.2) is 48.5 Å². The minimum atomic E-state index is -0.250. The average Bonchev–Trinajstić information content (AvgIpc) is 3.09. The highest BCUT2D eigenvalue weighted by molar-refractivity contribution is 5.97. The molecule has 1 aromatic heterocycles. The lowest BCUT2D eigenvalue weighted by molar-refractivity contribution is 0.0938. The molecule has 0 fully saturated rings. The minimum absolute atomic E-state index is 0.161. The summed E-state index contributed by atoms with van der Waals surface area (Å²) in [6.45, 7) is 7.25. The van der Waals surface area contributed by atoms with Crippen LogP contribution >= 0.6 is 0 Å². The van der Waals surface area contributed by atoms with Crippen LogP contribution in [-0.2, 0) is 4.74 Å². The molecular weight excluding hydrogens is 342 g/mol. The summed E-state index contributed by atoms with van der Waals surface area (Å²) in [6, 6.07) is 15.3. The summed E-state index contributed by atoms with van der Waals surface area (Å²) in [5.41, 5.74) is 3.47. The van der Waals surface area contributed by atoms with E-state index in [2.05, 4.69) is 10.1 Å². The van der Waals surface area contributed by atoms with Crippen LogP contribution in [0, 0.1) is 13.8 Å². The number of benzene rings is 2. The van der Waals surface area contributed by atoms with Crippen molar-refractivity contribution in [3.05, 3.63) is 65.2 Å². The Morgan fingerprint density at radius 3 is 2.48 bits per heavy atom. The maximum Gasteiger partial charge on any atom is 0.336 e. The van der Waals surface area contributed by atoms with Crippen molar-refractivity contribution in [2.24, 2.45) is 0 Å². The van der Waals surface area contributed by atoms with E-state index >= 15 is 0 Å². The molecule has 0 aliphatic carbocycles. The van der Waals surface area contributed by atoms with Gasteiger partial charge in [0.2, 0.25) is 0 Å². The van der Waals surface area contributed by atoms with Crippen molar-refractivity contribution in [2.45, 2.75) is 20.8 Å². The van der Waals surface area contributed by atoms with Crippen molar-refractivity contribution in [1.29, 1.82) is 0 Å². The Morgan fingerprint density at radius 2 is 1.78 bits per heavy atom. The van der Waals surface area contributed by atoms with Gasteiger partial charge in [-0.15, -0.1) is 5.10 Å². The predicted octanol–water partition coefficient (Wildman–Crippen LogP) is 3.67. The zero-order chi connectivity index (χ0) is 19.2. The van der Waals surface area contributed by atoms with Crippen LogP contribution in [0.4, 0.5) is 0 Å². The van der Waals surface area contributed by atoms with Crippen LogP contribution in [0.25, 0.3) is 11.4 Å². The van der Waals surface area contributed by atoms with Gasteiger partial charge in [-0.25, -0.2) is 0 Å². The van der Waals surface area contributed by atoms with Gasteiger partial charge in [0.25, 0.3) is 5.91 Å². The summed E-state index contributed by atoms with van der Waals surface area (Å²) in [6.07, 6.45) is 0. The second-order valence-corrected chi connectivity index (χ2v) is 6.16. The zero-order valence-electron chi connectivity index (χ0n) is 15.8. The highest BCUT2D eigenvalue weighted by atomic mass is 16.5. The van der Waals surface area contributed by atoms with Crippen LogP contribution in [-0.4, -0.2) is 40.5 Å². The van der Waals surface area contributed by atoms with Crippen LogP contribution in [0.5, 0.6) is 6.01 Å². The second-order valence-electron chi connectivity index (χ2n) is 6.16. The number of carbonyl (C=O) groups excluding carboxylic acids is 1. The van der Waals surface area contributed by atoms with E-state index in [9.17, 15) is 4.79 Å². The Labute approximate surface area is 158 Å². The first-order valence-electron chi connectivity index (χ1n) is 8.95. The Bertz CT molecular complexity index is 917. The zero-order valence-corrected chi connectivity index (χ0v) is 15.8. The van der Waals surface area contributed by atoms with Gasteiger partial charge in [0, 0.05) is 17.7 Å². The molecule has 3 rings (SSSR count). The highest BCUT2D eigenvalue weighted by Gasteiger charge is 2.21. The van der Waals surface area contributed by atoms with Gasteiger partial charge in [0.1, 0.15) is 6.61 Å². The summed E-state index contributed by atoms with van der Waals surface area (Å²) in [5.74, 6) is 0.213. The number of carbonyl (C=O) groups is 1. The maximum atomic E-state index is 13.0. The molecule has 0 bridgehead atoms. The second kappa shape index (κ2) is 8.60. The summed E-state index contributed by atoms with van der Waals surface area (Å²) in [4.78, 5) is 17.5. The fraction of sp³-hybridized carbons (Fsp3) is 0.286. The quantitative estimate of drug-likeness (QED) is 0.598. The SMILES string of the molecule is CCOCCOc1nc(-c2ccccc2C)n(C(=O)c2ccc(C)cc2)n1. The molecule has 0 radical (unpaired) electrons. The molecule has 2 aromatic carbocycles. The van der Waals surface area contributed by atoms with Gasteiger partial charge in [0.15, 0.2) is 5.82 Å². The standard InChI is InChI=1S/C21H23N3O3/c1-4-26-13-14-27-21-22-19(18-8-6-5-7-16(18)3)24(23-21)20(25)17-11-9-15(2)10-12-17/h5-12H,4,13-14H2,1-3H3. The lowest BCUT2D eigenvalue weighted by Gasteiger charge is -2.07. The topological polar surface area (TPSA) is 66.2 Å². The third kappa shape index (κ3) is 4.41. The average molecular weight is 365 g/mol. The van der Waals surface area contributed by atoms with E-state index < -0.39 is 0 Å². The van der Waals surface area contributed by atoms with E-state index in [4.69, 9.17) is 9.47 Å². The van der Waals surface area contributed by atoms with E-state index in [0.29, 0.717) is 31.2 Å². The molecule has 0 unspecified atom stereocenters. The Balaban J connectivity index is 1.97. The molecule has 0 amide bonds. The van der Waals surface area contributed by atoms with Gasteiger partial charge in [-0.1, -0.05) is 42.0 Å². The molecule has 6 nitrogen and oxygen atoms in total. The molecule has 0 saturated heterocycles. The smallest absolute Gasteiger partial charge is 0.336 e. The summed E-state index contributed by atoms with van der Waals surface area (Å²) in [7, 11) is 0. The predicted molar refractivity (Wildman–Crippen MR) is 103 cm³/mol. The third-order valence-electron chi connectivity index (χ3n) is 4.13. The van der Waals surface area contributed by atoms with Crippen LogP contribution in [0.2, 0.25) is 0 Å². The van der Waals surface area contributed by atoms with Gasteiger partial charge < -0.3 is 9.47 Å². The van der Waals surface area contributed by atoms with Crippen molar-refractivity contribution in [3.8, 4) is 17.4 Å². The first kappa shape index (κ1) is 18.8. The normalized spacial score (nSPS) is 10.8. The summed E-state index contributed by atoms with van der Waals surface area (Å²) < 4.78 is 12.2. The molecule has 0 N–H and O–H groups in total. The molecule has 1 heterocycles. The highest BCUT2D eigenvalue weighted by Crippen LogP contribution is 2.24. The van der Waals surface area contributed by atoms with Crippen molar-refractivity contribution in [2.75, 3.05) is 19.8 Å². The van der Waals surface area contributed by atoms with Crippen molar-refractivity contribution in [1.82, 2.24) is 14.8 Å². The van der Waals surface area contributed by atoms with Crippen LogP contribution in [0.1, 0.15) is 28.4 Å². The Kier molecular flexibility index (Phi) is 5.98. The van der Waals surface area contributed by atoms with Gasteiger partial charge in [-0.2, -0.15) is 9.67 Å². The number of rotatable bonds is 7. The van der Waals surface area contributed by atoms with Crippen molar-refractivity contribution < 1.29 is 14.3 Å². The molecular formula is C21H23N3O3. The monoisotopic (exact) mass is 365 g/mol. The molecule has 0 spiro atoms. The number of aryl methyl sites for hydroxylation is 2. The molecule has 3 aromatic rings. The fourth-order valence-corrected chi connectivity index (χ4v) is 2.65. The minimum Gasteiger partial charge on any atom is -0.460 e. The first-order valence-corrected chi connectivity index (χ1v) is 8.95. The molecule has 0 aliphatic heterocycles. The maximum absolute atomic E-state index is 13.0. The van der Waals surface area contributed by atoms with Crippen molar-refractivity contribution in [3.63, 3.8) is 0 Å². The lowest BCUT2D eigenvalue weighted by Crippen LogP contribution is -2.15. The molecule has 140 valence electrons. The lowest BCUT2D eigenvalue weighted by atomic mass is 10.1. The molecule has 0 saturated carbocycles. The van der Waals surface area contributed by atoms with E-state index in [0.717, 1.165) is 16.7 Å². The first-order chi connectivity index (χ1) is 13.1. The van der Waals surface area contributed by atoms with Gasteiger partial charge in [-0.3, -0.25) is 4.79 Å². The number of ether oxygens (including phenoxy) is 2. The van der Waals surface area contributed by atoms with Crippen molar-refractivity contribution >= 4 is 5.91 Å². The Hall–Kier alpha value is -2.99. The number of hydrogen-bond acceptors (Lipinski definition) is 5. The number of aromatic nitrogens is 3. The van der Waals surface area contributed by atoms with Gasteiger partial charge >= 0.3 is 6.01 Å². The molecule has 0 atom stereocenters. The van der Waals surface area contributed by atoms with Crippen LogP contribution < -0.4 is 4.74 Å². The Morgan fingerprint density at radius 1 is 1.04 bits per heavy atom. The number of hydrogen-bond donors (Lipinski definition) is 0. The summed E-state index contributed by atoms with van der Waals surface area (Å²) in [5, 5.41) is 4.30.